The van der Waals surface area contributed by atoms with Crippen molar-refractivity contribution in [2.24, 2.45) is 0 Å². The summed E-state index contributed by atoms with van der Waals surface area (Å²) < 4.78 is 10.8. The van der Waals surface area contributed by atoms with Crippen LogP contribution in [0.15, 0.2) is 47.4 Å². The van der Waals surface area contributed by atoms with Crippen molar-refractivity contribution in [3.8, 4) is 11.5 Å². The lowest BCUT2D eigenvalue weighted by atomic mass is 10.2. The lowest BCUT2D eigenvalue weighted by Crippen LogP contribution is -2.22. The number of amides is 1. The number of anilines is 1. The zero-order chi connectivity index (χ0) is 17.5. The summed E-state index contributed by atoms with van der Waals surface area (Å²) in [4.78, 5) is 13.5. The molecule has 0 spiro atoms. The number of carbonyl (C=O) groups excluding carboxylic acids is 1. The highest BCUT2D eigenvalue weighted by atomic mass is 32.2. The van der Waals surface area contributed by atoms with Gasteiger partial charge in [0.1, 0.15) is 0 Å². The first-order valence-corrected chi connectivity index (χ1v) is 8.76. The van der Waals surface area contributed by atoms with Crippen molar-refractivity contribution in [3.63, 3.8) is 0 Å². The predicted octanol–water partition coefficient (Wildman–Crippen LogP) is 4.52. The summed E-state index contributed by atoms with van der Waals surface area (Å²) in [5.41, 5.74) is 1.90. The fourth-order valence-corrected chi connectivity index (χ4v) is 3.01. The number of carbonyl (C=O) groups is 1. The number of nitrogens with one attached hydrogen (secondary N) is 1. The fourth-order valence-electron chi connectivity index (χ4n) is 2.14. The zero-order valence-electron chi connectivity index (χ0n) is 14.5. The summed E-state index contributed by atoms with van der Waals surface area (Å²) in [7, 11) is 1.58. The predicted molar refractivity (Wildman–Crippen MR) is 99.3 cm³/mol. The third kappa shape index (κ3) is 4.93. The molecule has 0 unspecified atom stereocenters. The summed E-state index contributed by atoms with van der Waals surface area (Å²) >= 11 is 1.53. The maximum absolute atomic E-state index is 12.4. The van der Waals surface area contributed by atoms with Crippen molar-refractivity contribution in [1.29, 1.82) is 0 Å². The summed E-state index contributed by atoms with van der Waals surface area (Å²) in [6.45, 7) is 6.42. The first-order valence-electron chi connectivity index (χ1n) is 7.88. The van der Waals surface area contributed by atoms with Crippen molar-refractivity contribution in [1.82, 2.24) is 0 Å². The molecule has 1 N–H and O–H groups in total. The molecule has 0 saturated heterocycles. The largest absolute Gasteiger partial charge is 0.493 e. The van der Waals surface area contributed by atoms with Crippen molar-refractivity contribution in [3.05, 3.63) is 48.0 Å². The highest BCUT2D eigenvalue weighted by Crippen LogP contribution is 2.31. The fraction of sp³-hybridized carbons (Fsp3) is 0.316. The molecular formula is C19H23NO3S. The van der Waals surface area contributed by atoms with E-state index in [0.717, 1.165) is 4.90 Å². The van der Waals surface area contributed by atoms with Crippen LogP contribution in [0.3, 0.4) is 0 Å². The standard InChI is InChI=1S/C19H23NO3S/c1-5-23-17-11-8-15(12-18(17)22-4)20-19(21)14(3)24-16-9-6-13(2)7-10-16/h6-12,14H,5H2,1-4H3,(H,20,21)/t14-/m0/s1. The molecule has 1 atom stereocenters. The van der Waals surface area contributed by atoms with Crippen LogP contribution in [0.2, 0.25) is 0 Å². The van der Waals surface area contributed by atoms with Gasteiger partial charge in [-0.25, -0.2) is 0 Å². The highest BCUT2D eigenvalue weighted by molar-refractivity contribution is 8.00. The number of thioether (sulfide) groups is 1. The Labute approximate surface area is 147 Å². The topological polar surface area (TPSA) is 47.6 Å². The van der Waals surface area contributed by atoms with Crippen molar-refractivity contribution in [2.75, 3.05) is 19.0 Å². The van der Waals surface area contributed by atoms with Gasteiger partial charge in [-0.2, -0.15) is 0 Å². The molecule has 0 bridgehead atoms. The monoisotopic (exact) mass is 345 g/mol. The third-order valence-electron chi connectivity index (χ3n) is 3.43. The molecule has 5 heteroatoms. The summed E-state index contributed by atoms with van der Waals surface area (Å²) in [5, 5.41) is 2.72. The Hall–Kier alpha value is -2.14. The van der Waals surface area contributed by atoms with Crippen LogP contribution in [0.4, 0.5) is 5.69 Å². The van der Waals surface area contributed by atoms with Crippen LogP contribution in [0.5, 0.6) is 11.5 Å². The van der Waals surface area contributed by atoms with Gasteiger partial charge in [0.15, 0.2) is 11.5 Å². The molecule has 0 fully saturated rings. The number of hydrogen-bond acceptors (Lipinski definition) is 4. The van der Waals surface area contributed by atoms with Crippen LogP contribution in [-0.4, -0.2) is 24.9 Å². The Kier molecular flexibility index (Phi) is 6.55. The second-order valence-electron chi connectivity index (χ2n) is 5.36. The molecule has 0 saturated carbocycles. The maximum Gasteiger partial charge on any atom is 0.237 e. The van der Waals surface area contributed by atoms with Crippen molar-refractivity contribution in [2.45, 2.75) is 30.9 Å². The number of hydrogen-bond donors (Lipinski definition) is 1. The Morgan fingerprint density at radius 2 is 1.88 bits per heavy atom. The molecular weight excluding hydrogens is 322 g/mol. The molecule has 2 rings (SSSR count). The molecule has 1 amide bonds. The Bertz CT molecular complexity index is 686. The van der Waals surface area contributed by atoms with E-state index in [-0.39, 0.29) is 11.2 Å². The first kappa shape index (κ1) is 18.2. The lowest BCUT2D eigenvalue weighted by Gasteiger charge is -2.14. The van der Waals surface area contributed by atoms with Gasteiger partial charge in [-0.1, -0.05) is 17.7 Å². The van der Waals surface area contributed by atoms with Gasteiger partial charge in [0, 0.05) is 16.6 Å². The summed E-state index contributed by atoms with van der Waals surface area (Å²) in [6, 6.07) is 13.5. The van der Waals surface area contributed by atoms with Gasteiger partial charge in [-0.05, 0) is 45.0 Å². The number of aryl methyl sites for hydroxylation is 1. The molecule has 0 aliphatic carbocycles. The maximum atomic E-state index is 12.4. The molecule has 0 aliphatic rings. The summed E-state index contributed by atoms with van der Waals surface area (Å²) in [5.74, 6) is 1.22. The minimum atomic E-state index is -0.203. The highest BCUT2D eigenvalue weighted by Gasteiger charge is 2.15. The number of benzene rings is 2. The number of rotatable bonds is 7. The third-order valence-corrected chi connectivity index (χ3v) is 4.55. The normalized spacial score (nSPS) is 11.7. The SMILES string of the molecule is CCOc1ccc(NC(=O)[C@H](C)Sc2ccc(C)cc2)cc1OC. The van der Waals surface area contributed by atoms with Gasteiger partial charge in [-0.15, -0.1) is 11.8 Å². The second kappa shape index (κ2) is 8.64. The van der Waals surface area contributed by atoms with Gasteiger partial charge < -0.3 is 14.8 Å². The molecule has 4 nitrogen and oxygen atoms in total. The van der Waals surface area contributed by atoms with E-state index in [0.29, 0.717) is 23.8 Å². The average Bonchev–Trinajstić information content (AvgIpc) is 2.58. The van der Waals surface area contributed by atoms with Gasteiger partial charge in [-0.3, -0.25) is 4.79 Å². The molecule has 2 aromatic carbocycles. The van der Waals surface area contributed by atoms with Gasteiger partial charge in [0.2, 0.25) is 5.91 Å². The van der Waals surface area contributed by atoms with Crippen molar-refractivity contribution < 1.29 is 14.3 Å². The molecule has 128 valence electrons. The Balaban J connectivity index is 2.01. The quantitative estimate of drug-likeness (QED) is 0.750. The van der Waals surface area contributed by atoms with Crippen molar-refractivity contribution >= 4 is 23.4 Å². The van der Waals surface area contributed by atoms with Gasteiger partial charge in [0.25, 0.3) is 0 Å². The van der Waals surface area contributed by atoms with E-state index < -0.39 is 0 Å². The first-order chi connectivity index (χ1) is 11.5. The smallest absolute Gasteiger partial charge is 0.237 e. The van der Waals surface area contributed by atoms with E-state index in [4.69, 9.17) is 9.47 Å². The minimum Gasteiger partial charge on any atom is -0.493 e. The number of ether oxygens (including phenoxy) is 2. The van der Waals surface area contributed by atoms with E-state index in [1.165, 1.54) is 17.3 Å². The van der Waals surface area contributed by atoms with Gasteiger partial charge in [0.05, 0.1) is 19.0 Å². The van der Waals surface area contributed by atoms with E-state index in [2.05, 4.69) is 5.32 Å². The lowest BCUT2D eigenvalue weighted by molar-refractivity contribution is -0.115. The zero-order valence-corrected chi connectivity index (χ0v) is 15.3. The number of methoxy groups -OCH3 is 1. The molecule has 0 radical (unpaired) electrons. The van der Waals surface area contributed by atoms with E-state index in [1.54, 1.807) is 19.2 Å². The molecule has 24 heavy (non-hydrogen) atoms. The molecule has 2 aromatic rings. The second-order valence-corrected chi connectivity index (χ2v) is 6.78. The molecule has 0 aliphatic heterocycles. The average molecular weight is 345 g/mol. The van der Waals surface area contributed by atoms with E-state index in [9.17, 15) is 4.79 Å². The van der Waals surface area contributed by atoms with Crippen LogP contribution < -0.4 is 14.8 Å². The van der Waals surface area contributed by atoms with Crippen LogP contribution in [0, 0.1) is 6.92 Å². The van der Waals surface area contributed by atoms with Crippen LogP contribution >= 0.6 is 11.8 Å². The van der Waals surface area contributed by atoms with Crippen LogP contribution in [0.25, 0.3) is 0 Å². The van der Waals surface area contributed by atoms with Crippen LogP contribution in [-0.2, 0) is 4.79 Å². The Morgan fingerprint density at radius 3 is 2.50 bits per heavy atom. The van der Waals surface area contributed by atoms with Crippen LogP contribution in [0.1, 0.15) is 19.4 Å². The van der Waals surface area contributed by atoms with E-state index >= 15 is 0 Å². The molecule has 0 heterocycles. The molecule has 0 aromatic heterocycles. The summed E-state index contributed by atoms with van der Waals surface area (Å²) in [6.07, 6.45) is 0. The minimum absolute atomic E-state index is 0.0493. The van der Waals surface area contributed by atoms with Gasteiger partial charge >= 0.3 is 0 Å². The van der Waals surface area contributed by atoms with E-state index in [1.807, 2.05) is 51.1 Å². The Morgan fingerprint density at radius 1 is 1.17 bits per heavy atom.